The van der Waals surface area contributed by atoms with Gasteiger partial charge in [-0.1, -0.05) is 19.9 Å². The Morgan fingerprint density at radius 2 is 2.06 bits per heavy atom. The zero-order chi connectivity index (χ0) is 22.8. The molecule has 170 valence electrons. The lowest BCUT2D eigenvalue weighted by Crippen LogP contribution is -2.39. The maximum Gasteiger partial charge on any atom is 0.269 e. The second-order valence-electron chi connectivity index (χ2n) is 9.31. The van der Waals surface area contributed by atoms with E-state index in [4.69, 9.17) is 0 Å². The van der Waals surface area contributed by atoms with Crippen LogP contribution in [0, 0.1) is 0 Å². The monoisotopic (exact) mass is 435 g/mol. The molecule has 32 heavy (non-hydrogen) atoms. The molecule has 1 aliphatic rings. The topological polar surface area (TPSA) is 74.2 Å². The molecular weight excluding hydrogens is 402 g/mol. The summed E-state index contributed by atoms with van der Waals surface area (Å²) < 4.78 is 1.81. The molecule has 0 bridgehead atoms. The molecule has 1 saturated heterocycles. The molecule has 2 aromatic heterocycles. The van der Waals surface area contributed by atoms with Crippen LogP contribution in [0.15, 0.2) is 36.7 Å². The first-order chi connectivity index (χ1) is 15.3. The van der Waals surface area contributed by atoms with Crippen molar-refractivity contribution in [1.82, 2.24) is 24.6 Å². The molecule has 1 atom stereocenters. The van der Waals surface area contributed by atoms with Gasteiger partial charge in [-0.15, -0.1) is 0 Å². The van der Waals surface area contributed by atoms with Crippen LogP contribution >= 0.6 is 0 Å². The summed E-state index contributed by atoms with van der Waals surface area (Å²) in [7, 11) is 3.53. The fourth-order valence-electron chi connectivity index (χ4n) is 4.64. The van der Waals surface area contributed by atoms with E-state index in [1.54, 1.807) is 29.9 Å². The van der Waals surface area contributed by atoms with Crippen LogP contribution in [0.5, 0.6) is 0 Å². The number of carbonyl (C=O) groups is 2. The number of aromatic amines is 1. The molecule has 1 aliphatic heterocycles. The van der Waals surface area contributed by atoms with Crippen LogP contribution in [0.4, 0.5) is 0 Å². The Hall–Kier alpha value is -3.09. The molecule has 1 fully saturated rings. The van der Waals surface area contributed by atoms with E-state index in [0.29, 0.717) is 30.5 Å². The maximum absolute atomic E-state index is 12.8. The minimum Gasteiger partial charge on any atom is -0.351 e. The highest BCUT2D eigenvalue weighted by Gasteiger charge is 2.26. The Bertz CT molecular complexity index is 1100. The van der Waals surface area contributed by atoms with E-state index >= 15 is 0 Å². The zero-order valence-electron chi connectivity index (χ0n) is 19.5. The average Bonchev–Trinajstić information content (AvgIpc) is 3.45. The molecule has 0 unspecified atom stereocenters. The van der Waals surface area contributed by atoms with Gasteiger partial charge >= 0.3 is 0 Å². The summed E-state index contributed by atoms with van der Waals surface area (Å²) in [5.74, 6) is 0.805. The second kappa shape index (κ2) is 9.18. The number of aromatic nitrogens is 3. The fraction of sp³-hybridized carbons (Fsp3) is 0.480. The smallest absolute Gasteiger partial charge is 0.269 e. The van der Waals surface area contributed by atoms with Crippen LogP contribution in [0.3, 0.4) is 0 Å². The highest BCUT2D eigenvalue weighted by atomic mass is 16.2. The summed E-state index contributed by atoms with van der Waals surface area (Å²) >= 11 is 0. The van der Waals surface area contributed by atoms with Crippen LogP contribution in [0.2, 0.25) is 0 Å². The number of benzene rings is 1. The van der Waals surface area contributed by atoms with Gasteiger partial charge in [0.2, 0.25) is 5.91 Å². The molecule has 7 heteroatoms. The van der Waals surface area contributed by atoms with Gasteiger partial charge in [-0.2, -0.15) is 5.10 Å². The van der Waals surface area contributed by atoms with Crippen LogP contribution in [0.1, 0.15) is 66.6 Å². The standard InChI is InChI=1S/C25H33N5O2/c1-17(2)20-13-19(14-22-21(20)15-23(27-22)25(32)28(3)4)18-7-5-10-29(16-18)24(31)8-12-30-11-6-9-26-30/h6,9,11,13-15,17-18,27H,5,7-8,10,12,16H2,1-4H3/t18-/m0/s1. The van der Waals surface area contributed by atoms with Crippen molar-refractivity contribution in [2.24, 2.45) is 0 Å². The van der Waals surface area contributed by atoms with Crippen LogP contribution in [0.25, 0.3) is 10.9 Å². The van der Waals surface area contributed by atoms with E-state index in [2.05, 4.69) is 36.1 Å². The van der Waals surface area contributed by atoms with Crippen molar-refractivity contribution in [3.8, 4) is 0 Å². The first kappa shape index (κ1) is 22.1. The number of hydrogen-bond donors (Lipinski definition) is 1. The molecule has 2 amide bonds. The third-order valence-corrected chi connectivity index (χ3v) is 6.41. The van der Waals surface area contributed by atoms with Crippen molar-refractivity contribution >= 4 is 22.7 Å². The molecule has 1 aromatic carbocycles. The van der Waals surface area contributed by atoms with Gasteiger partial charge < -0.3 is 14.8 Å². The SMILES string of the molecule is CC(C)c1cc([C@H]2CCCN(C(=O)CCn3cccn3)C2)cc2[nH]c(C(=O)N(C)C)cc12. The Morgan fingerprint density at radius 1 is 1.25 bits per heavy atom. The number of fused-ring (bicyclic) bond motifs is 1. The van der Waals surface area contributed by atoms with Gasteiger partial charge in [-0.25, -0.2) is 0 Å². The van der Waals surface area contributed by atoms with E-state index in [9.17, 15) is 9.59 Å². The number of amides is 2. The predicted octanol–water partition coefficient (Wildman–Crippen LogP) is 3.99. The van der Waals surface area contributed by atoms with Crippen LogP contribution < -0.4 is 0 Å². The summed E-state index contributed by atoms with van der Waals surface area (Å²) in [6.45, 7) is 6.54. The Kier molecular flexibility index (Phi) is 6.35. The molecule has 0 aliphatic carbocycles. The van der Waals surface area contributed by atoms with Crippen molar-refractivity contribution in [3.05, 3.63) is 53.5 Å². The second-order valence-corrected chi connectivity index (χ2v) is 9.31. The lowest BCUT2D eigenvalue weighted by Gasteiger charge is -2.33. The van der Waals surface area contributed by atoms with Gasteiger partial charge in [0.1, 0.15) is 5.69 Å². The van der Waals surface area contributed by atoms with Gasteiger partial charge in [-0.3, -0.25) is 14.3 Å². The van der Waals surface area contributed by atoms with Crippen molar-refractivity contribution in [1.29, 1.82) is 0 Å². The largest absolute Gasteiger partial charge is 0.351 e. The highest BCUT2D eigenvalue weighted by molar-refractivity contribution is 5.99. The molecule has 4 rings (SSSR count). The lowest BCUT2D eigenvalue weighted by molar-refractivity contribution is -0.132. The summed E-state index contributed by atoms with van der Waals surface area (Å²) in [4.78, 5) is 32.3. The van der Waals surface area contributed by atoms with Crippen molar-refractivity contribution in [2.75, 3.05) is 27.2 Å². The third-order valence-electron chi connectivity index (χ3n) is 6.41. The summed E-state index contributed by atoms with van der Waals surface area (Å²) in [5, 5.41) is 5.30. The normalized spacial score (nSPS) is 16.7. The van der Waals surface area contributed by atoms with Gasteiger partial charge in [0.15, 0.2) is 0 Å². The zero-order valence-corrected chi connectivity index (χ0v) is 19.5. The minimum absolute atomic E-state index is 0.0240. The summed E-state index contributed by atoms with van der Waals surface area (Å²) in [6, 6.07) is 8.31. The molecule has 0 spiro atoms. The lowest BCUT2D eigenvalue weighted by atomic mass is 9.86. The number of nitrogens with zero attached hydrogens (tertiary/aromatic N) is 4. The Labute approximate surface area is 189 Å². The molecule has 3 aromatic rings. The number of H-pyrrole nitrogens is 1. The number of likely N-dealkylation sites (tertiary alicyclic amines) is 1. The highest BCUT2D eigenvalue weighted by Crippen LogP contribution is 2.34. The van der Waals surface area contributed by atoms with E-state index in [1.165, 1.54) is 11.1 Å². The molecule has 0 radical (unpaired) electrons. The molecule has 7 nitrogen and oxygen atoms in total. The third kappa shape index (κ3) is 4.56. The van der Waals surface area contributed by atoms with Crippen LogP contribution in [-0.4, -0.2) is 63.6 Å². The quantitative estimate of drug-likeness (QED) is 0.636. The van der Waals surface area contributed by atoms with Crippen molar-refractivity contribution in [3.63, 3.8) is 0 Å². The number of piperidine rings is 1. The predicted molar refractivity (Wildman–Crippen MR) is 126 cm³/mol. The average molecular weight is 436 g/mol. The van der Waals surface area contributed by atoms with Crippen molar-refractivity contribution < 1.29 is 9.59 Å². The minimum atomic E-state index is -0.0240. The first-order valence-electron chi connectivity index (χ1n) is 11.5. The van der Waals surface area contributed by atoms with E-state index < -0.39 is 0 Å². The fourth-order valence-corrected chi connectivity index (χ4v) is 4.64. The molecule has 3 heterocycles. The number of nitrogens with one attached hydrogen (secondary N) is 1. The molecular formula is C25H33N5O2. The maximum atomic E-state index is 12.8. The van der Waals surface area contributed by atoms with E-state index in [1.807, 2.05) is 23.2 Å². The van der Waals surface area contributed by atoms with Gasteiger partial charge in [0, 0.05) is 69.4 Å². The van der Waals surface area contributed by atoms with Gasteiger partial charge in [0.05, 0.1) is 0 Å². The Balaban J connectivity index is 1.56. The number of carbonyl (C=O) groups excluding carboxylic acids is 2. The molecule has 1 N–H and O–H groups in total. The van der Waals surface area contributed by atoms with Gasteiger partial charge in [-0.05, 0) is 48.1 Å². The Morgan fingerprint density at radius 3 is 2.75 bits per heavy atom. The van der Waals surface area contributed by atoms with E-state index in [0.717, 1.165) is 36.8 Å². The van der Waals surface area contributed by atoms with E-state index in [-0.39, 0.29) is 11.8 Å². The van der Waals surface area contributed by atoms with Gasteiger partial charge in [0.25, 0.3) is 5.91 Å². The number of aryl methyl sites for hydroxylation is 1. The van der Waals surface area contributed by atoms with Crippen molar-refractivity contribution in [2.45, 2.75) is 51.5 Å². The number of rotatable bonds is 6. The number of hydrogen-bond acceptors (Lipinski definition) is 3. The summed E-state index contributed by atoms with van der Waals surface area (Å²) in [5.41, 5.74) is 4.10. The first-order valence-corrected chi connectivity index (χ1v) is 11.5. The molecule has 0 saturated carbocycles. The van der Waals surface area contributed by atoms with Crippen LogP contribution in [-0.2, 0) is 11.3 Å². The summed E-state index contributed by atoms with van der Waals surface area (Å²) in [6.07, 6.45) is 6.17.